The fourth-order valence-corrected chi connectivity index (χ4v) is 1.50. The molecule has 0 aromatic carbocycles. The van der Waals surface area contributed by atoms with Gasteiger partial charge in [0.25, 0.3) is 0 Å². The van der Waals surface area contributed by atoms with Crippen LogP contribution < -0.4 is 28.7 Å². The van der Waals surface area contributed by atoms with Crippen molar-refractivity contribution in [3.63, 3.8) is 0 Å². The van der Waals surface area contributed by atoms with E-state index in [1.807, 2.05) is 0 Å². The summed E-state index contributed by atoms with van der Waals surface area (Å²) < 4.78 is 0. The first-order valence-electron chi connectivity index (χ1n) is 4.75. The summed E-state index contributed by atoms with van der Waals surface area (Å²) >= 11 is 0. The van der Waals surface area contributed by atoms with E-state index in [0.717, 1.165) is 6.42 Å². The van der Waals surface area contributed by atoms with E-state index >= 15 is 0 Å². The van der Waals surface area contributed by atoms with Crippen LogP contribution in [0.4, 0.5) is 0 Å². The molecule has 1 unspecified atom stereocenters. The molecule has 0 amide bonds. The predicted molar refractivity (Wildman–Crippen MR) is 55.9 cm³/mol. The molecule has 0 rings (SSSR count). The van der Waals surface area contributed by atoms with Crippen molar-refractivity contribution >= 4 is 0 Å². The van der Waals surface area contributed by atoms with Gasteiger partial charge in [-0.2, -0.15) is 0 Å². The van der Waals surface area contributed by atoms with E-state index < -0.39 is 5.54 Å². The van der Waals surface area contributed by atoms with Gasteiger partial charge >= 0.3 is 0 Å². The Balaban J connectivity index is 4.18. The molecule has 0 bridgehead atoms. The lowest BCUT2D eigenvalue weighted by molar-refractivity contribution is 0.296. The second kappa shape index (κ2) is 6.28. The van der Waals surface area contributed by atoms with Crippen LogP contribution in [-0.4, -0.2) is 31.2 Å². The highest BCUT2D eigenvalue weighted by Crippen LogP contribution is 2.16. The molecule has 0 fully saturated rings. The SMILES string of the molecule is NCCC(N)C(N)(CCN)CCN. The van der Waals surface area contributed by atoms with Gasteiger partial charge in [-0.15, -0.1) is 0 Å². The molecule has 0 aromatic rings. The Morgan fingerprint density at radius 3 is 1.69 bits per heavy atom. The number of nitrogens with two attached hydrogens (primary N) is 5. The molecule has 0 saturated carbocycles. The molecule has 0 spiro atoms. The van der Waals surface area contributed by atoms with E-state index in [0.29, 0.717) is 32.5 Å². The Bertz CT molecular complexity index is 122. The lowest BCUT2D eigenvalue weighted by Gasteiger charge is -2.34. The van der Waals surface area contributed by atoms with E-state index in [4.69, 9.17) is 28.7 Å². The summed E-state index contributed by atoms with van der Waals surface area (Å²) in [6, 6.07) is -0.107. The fourth-order valence-electron chi connectivity index (χ4n) is 1.50. The monoisotopic (exact) mass is 189 g/mol. The molecule has 0 aliphatic rings. The summed E-state index contributed by atoms with van der Waals surface area (Å²) in [4.78, 5) is 0. The highest BCUT2D eigenvalue weighted by atomic mass is 14.9. The van der Waals surface area contributed by atoms with E-state index in [-0.39, 0.29) is 6.04 Å². The molecule has 0 aliphatic carbocycles. The van der Waals surface area contributed by atoms with Crippen LogP contribution in [0.15, 0.2) is 0 Å². The van der Waals surface area contributed by atoms with Gasteiger partial charge in [0.1, 0.15) is 0 Å². The third kappa shape index (κ3) is 4.02. The molecule has 5 nitrogen and oxygen atoms in total. The zero-order valence-electron chi connectivity index (χ0n) is 8.21. The summed E-state index contributed by atoms with van der Waals surface area (Å²) in [5.74, 6) is 0. The average Bonchev–Trinajstić information content (AvgIpc) is 2.05. The molecular formula is C8H23N5. The van der Waals surface area contributed by atoms with Crippen LogP contribution in [0.25, 0.3) is 0 Å². The van der Waals surface area contributed by atoms with Crippen molar-refractivity contribution in [1.82, 2.24) is 0 Å². The van der Waals surface area contributed by atoms with Crippen molar-refractivity contribution in [2.24, 2.45) is 28.7 Å². The molecule has 80 valence electrons. The molecule has 0 saturated heterocycles. The van der Waals surface area contributed by atoms with Gasteiger partial charge in [-0.1, -0.05) is 0 Å². The standard InChI is InChI=1S/C8H23N5/c9-4-1-7(12)8(13,2-5-10)3-6-11/h7H,1-6,9-13H2. The normalized spacial score (nSPS) is 14.5. The van der Waals surface area contributed by atoms with Gasteiger partial charge in [-0.25, -0.2) is 0 Å². The van der Waals surface area contributed by atoms with Gasteiger partial charge in [0.2, 0.25) is 0 Å². The van der Waals surface area contributed by atoms with Crippen LogP contribution in [0.1, 0.15) is 19.3 Å². The van der Waals surface area contributed by atoms with Gasteiger partial charge in [0, 0.05) is 11.6 Å². The Morgan fingerprint density at radius 1 is 0.923 bits per heavy atom. The summed E-state index contributed by atoms with van der Waals surface area (Å²) in [5.41, 5.74) is 27.9. The molecule has 0 aromatic heterocycles. The van der Waals surface area contributed by atoms with Gasteiger partial charge in [0.15, 0.2) is 0 Å². The van der Waals surface area contributed by atoms with Crippen LogP contribution in [0.2, 0.25) is 0 Å². The zero-order chi connectivity index (χ0) is 10.3. The second-order valence-electron chi connectivity index (χ2n) is 3.49. The second-order valence-corrected chi connectivity index (χ2v) is 3.49. The predicted octanol–water partition coefficient (Wildman–Crippen LogP) is -1.94. The number of hydrogen-bond acceptors (Lipinski definition) is 5. The topological polar surface area (TPSA) is 130 Å². The minimum atomic E-state index is -0.442. The summed E-state index contributed by atoms with van der Waals surface area (Å²) in [6.45, 7) is 1.62. The fraction of sp³-hybridized carbons (Fsp3) is 1.00. The third-order valence-corrected chi connectivity index (χ3v) is 2.44. The van der Waals surface area contributed by atoms with Gasteiger partial charge in [0.05, 0.1) is 0 Å². The molecule has 0 radical (unpaired) electrons. The summed E-state index contributed by atoms with van der Waals surface area (Å²) in [7, 11) is 0. The van der Waals surface area contributed by atoms with Crippen molar-refractivity contribution in [3.8, 4) is 0 Å². The lowest BCUT2D eigenvalue weighted by atomic mass is 9.83. The number of hydrogen-bond donors (Lipinski definition) is 5. The minimum absolute atomic E-state index is 0.107. The largest absolute Gasteiger partial charge is 0.330 e. The van der Waals surface area contributed by atoms with Gasteiger partial charge < -0.3 is 28.7 Å². The molecule has 1 atom stereocenters. The molecule has 0 aliphatic heterocycles. The molecule has 5 heteroatoms. The van der Waals surface area contributed by atoms with Crippen LogP contribution in [-0.2, 0) is 0 Å². The Labute approximate surface area is 80.0 Å². The molecular weight excluding hydrogens is 166 g/mol. The Kier molecular flexibility index (Phi) is 6.19. The van der Waals surface area contributed by atoms with Crippen molar-refractivity contribution in [3.05, 3.63) is 0 Å². The van der Waals surface area contributed by atoms with Crippen molar-refractivity contribution < 1.29 is 0 Å². The average molecular weight is 189 g/mol. The molecule has 13 heavy (non-hydrogen) atoms. The maximum Gasteiger partial charge on any atom is 0.0332 e. The summed E-state index contributed by atoms with van der Waals surface area (Å²) in [6.07, 6.45) is 2.12. The van der Waals surface area contributed by atoms with Crippen LogP contribution >= 0.6 is 0 Å². The van der Waals surface area contributed by atoms with Crippen LogP contribution in [0, 0.1) is 0 Å². The third-order valence-electron chi connectivity index (χ3n) is 2.44. The quantitative estimate of drug-likeness (QED) is 0.318. The van der Waals surface area contributed by atoms with Crippen molar-refractivity contribution in [1.29, 1.82) is 0 Å². The Morgan fingerprint density at radius 2 is 1.38 bits per heavy atom. The first-order valence-corrected chi connectivity index (χ1v) is 4.75. The first kappa shape index (κ1) is 12.8. The van der Waals surface area contributed by atoms with Crippen molar-refractivity contribution in [2.45, 2.75) is 30.8 Å². The maximum atomic E-state index is 6.11. The molecule has 10 N–H and O–H groups in total. The van der Waals surface area contributed by atoms with E-state index in [2.05, 4.69) is 0 Å². The highest BCUT2D eigenvalue weighted by Gasteiger charge is 2.30. The molecule has 0 heterocycles. The lowest BCUT2D eigenvalue weighted by Crippen LogP contribution is -2.57. The van der Waals surface area contributed by atoms with Crippen molar-refractivity contribution in [2.75, 3.05) is 19.6 Å². The van der Waals surface area contributed by atoms with Crippen LogP contribution in [0.5, 0.6) is 0 Å². The maximum absolute atomic E-state index is 6.11. The van der Waals surface area contributed by atoms with E-state index in [9.17, 15) is 0 Å². The Hall–Kier alpha value is -0.200. The first-order chi connectivity index (χ1) is 6.10. The van der Waals surface area contributed by atoms with Gasteiger partial charge in [-0.05, 0) is 38.9 Å². The smallest absolute Gasteiger partial charge is 0.0332 e. The van der Waals surface area contributed by atoms with Gasteiger partial charge in [-0.3, -0.25) is 0 Å². The zero-order valence-corrected chi connectivity index (χ0v) is 8.21. The van der Waals surface area contributed by atoms with Crippen LogP contribution in [0.3, 0.4) is 0 Å². The van der Waals surface area contributed by atoms with E-state index in [1.165, 1.54) is 0 Å². The number of rotatable bonds is 7. The highest BCUT2D eigenvalue weighted by molar-refractivity contribution is 4.94. The van der Waals surface area contributed by atoms with E-state index in [1.54, 1.807) is 0 Å². The minimum Gasteiger partial charge on any atom is -0.330 e. The summed E-state index contributed by atoms with van der Waals surface area (Å²) in [5, 5.41) is 0.